The summed E-state index contributed by atoms with van der Waals surface area (Å²) in [6, 6.07) is 1.27. The predicted octanol–water partition coefficient (Wildman–Crippen LogP) is 1.42. The molecule has 0 spiro atoms. The molecule has 1 N–H and O–H groups in total. The molecule has 1 unspecified atom stereocenters. The van der Waals surface area contributed by atoms with E-state index in [1.807, 2.05) is 0 Å². The lowest BCUT2D eigenvalue weighted by Crippen LogP contribution is -2.47. The molecular weight excluding hydrogens is 325 g/mol. The number of alkyl halides is 3. The number of carboxylic acids is 1. The number of nitrogens with zero attached hydrogens (tertiary/aromatic N) is 2. The predicted molar refractivity (Wildman–Crippen MR) is 68.5 cm³/mol. The fourth-order valence-corrected chi connectivity index (χ4v) is 3.87. The van der Waals surface area contributed by atoms with E-state index in [-0.39, 0.29) is 4.90 Å². The number of hydrogen-bond donors (Lipinski definition) is 1. The Hall–Kier alpha value is -1.68. The molecule has 6 nitrogen and oxygen atoms in total. The highest BCUT2D eigenvalue weighted by molar-refractivity contribution is 7.89. The minimum atomic E-state index is -5.03. The molecule has 0 aliphatic carbocycles. The Labute approximate surface area is 124 Å². The number of carbonyl (C=O) groups is 1. The van der Waals surface area contributed by atoms with E-state index in [1.54, 1.807) is 6.92 Å². The van der Waals surface area contributed by atoms with Gasteiger partial charge in [-0.2, -0.15) is 17.5 Å². The van der Waals surface area contributed by atoms with E-state index in [4.69, 9.17) is 5.11 Å². The van der Waals surface area contributed by atoms with E-state index in [1.165, 1.54) is 12.3 Å². The van der Waals surface area contributed by atoms with Crippen LogP contribution in [0.1, 0.15) is 12.0 Å². The Balaban J connectivity index is 2.39. The fraction of sp³-hybridized carbons (Fsp3) is 0.500. The van der Waals surface area contributed by atoms with E-state index in [9.17, 15) is 26.4 Å². The summed E-state index contributed by atoms with van der Waals surface area (Å²) < 4.78 is 64.5. The van der Waals surface area contributed by atoms with Crippen LogP contribution >= 0.6 is 0 Å². The monoisotopic (exact) mass is 338 g/mol. The molecular formula is C12H13F3N2O4S. The molecule has 122 valence electrons. The van der Waals surface area contributed by atoms with Crippen molar-refractivity contribution in [2.75, 3.05) is 13.1 Å². The summed E-state index contributed by atoms with van der Waals surface area (Å²) in [5.41, 5.74) is -2.54. The summed E-state index contributed by atoms with van der Waals surface area (Å²) in [5, 5.41) is 8.94. The summed E-state index contributed by atoms with van der Waals surface area (Å²) >= 11 is 0. The van der Waals surface area contributed by atoms with Crippen molar-refractivity contribution in [3.63, 3.8) is 0 Å². The Kier molecular flexibility index (Phi) is 3.94. The van der Waals surface area contributed by atoms with Crippen LogP contribution in [0.3, 0.4) is 0 Å². The lowest BCUT2D eigenvalue weighted by Gasteiger charge is -2.27. The van der Waals surface area contributed by atoms with Gasteiger partial charge in [0.15, 0.2) is 5.41 Å². The highest BCUT2D eigenvalue weighted by atomic mass is 32.2. The second-order valence-corrected chi connectivity index (χ2v) is 7.11. The zero-order valence-corrected chi connectivity index (χ0v) is 12.3. The molecule has 1 atom stereocenters. The minimum Gasteiger partial charge on any atom is -0.481 e. The number of sulfonamides is 1. The van der Waals surface area contributed by atoms with Gasteiger partial charge in [-0.3, -0.25) is 9.78 Å². The molecule has 0 bridgehead atoms. The maximum absolute atomic E-state index is 13.1. The normalized spacial score (nSPS) is 23.6. The van der Waals surface area contributed by atoms with Crippen LogP contribution in [0.15, 0.2) is 23.4 Å². The second kappa shape index (κ2) is 5.20. The summed E-state index contributed by atoms with van der Waals surface area (Å²) in [4.78, 5) is 14.5. The van der Waals surface area contributed by atoms with Crippen molar-refractivity contribution in [3.05, 3.63) is 24.0 Å². The quantitative estimate of drug-likeness (QED) is 0.900. The molecule has 1 aromatic rings. The van der Waals surface area contributed by atoms with Crippen molar-refractivity contribution in [1.29, 1.82) is 0 Å². The summed E-state index contributed by atoms with van der Waals surface area (Å²) in [6.45, 7) is -0.0581. The Morgan fingerprint density at radius 3 is 2.50 bits per heavy atom. The fourth-order valence-electron chi connectivity index (χ4n) is 2.32. The van der Waals surface area contributed by atoms with Gasteiger partial charge >= 0.3 is 12.1 Å². The molecule has 1 aromatic heterocycles. The highest BCUT2D eigenvalue weighted by Crippen LogP contribution is 2.46. The second-order valence-electron chi connectivity index (χ2n) is 5.17. The number of carboxylic acid groups (broad SMARTS) is 1. The van der Waals surface area contributed by atoms with Crippen LogP contribution in [0, 0.1) is 12.3 Å². The smallest absolute Gasteiger partial charge is 0.406 e. The van der Waals surface area contributed by atoms with Crippen molar-refractivity contribution in [2.24, 2.45) is 5.41 Å². The van der Waals surface area contributed by atoms with Crippen LogP contribution in [0.5, 0.6) is 0 Å². The third-order valence-corrected chi connectivity index (χ3v) is 5.48. The maximum Gasteiger partial charge on any atom is 0.406 e. The summed E-state index contributed by atoms with van der Waals surface area (Å²) in [7, 11) is -4.22. The summed E-state index contributed by atoms with van der Waals surface area (Å²) in [5.74, 6) is -2.07. The number of aryl methyl sites for hydroxylation is 1. The Bertz CT molecular complexity index is 705. The molecule has 1 fully saturated rings. The van der Waals surface area contributed by atoms with E-state index in [2.05, 4.69) is 4.98 Å². The van der Waals surface area contributed by atoms with Crippen LogP contribution in [0.25, 0.3) is 0 Å². The van der Waals surface area contributed by atoms with Gasteiger partial charge in [-0.15, -0.1) is 0 Å². The van der Waals surface area contributed by atoms with Crippen molar-refractivity contribution in [2.45, 2.75) is 24.4 Å². The van der Waals surface area contributed by atoms with Gasteiger partial charge in [-0.05, 0) is 25.0 Å². The average molecular weight is 338 g/mol. The number of aromatic nitrogens is 1. The molecule has 10 heteroatoms. The highest BCUT2D eigenvalue weighted by Gasteiger charge is 2.65. The summed E-state index contributed by atoms with van der Waals surface area (Å²) in [6.07, 6.45) is -3.42. The van der Waals surface area contributed by atoms with Gasteiger partial charge in [-0.25, -0.2) is 8.42 Å². The van der Waals surface area contributed by atoms with Crippen LogP contribution in [-0.4, -0.2) is 48.0 Å². The molecule has 0 radical (unpaired) electrons. The lowest BCUT2D eigenvalue weighted by atomic mass is 9.86. The van der Waals surface area contributed by atoms with Gasteiger partial charge in [0, 0.05) is 25.5 Å². The first-order chi connectivity index (χ1) is 10.0. The number of pyridine rings is 1. The Morgan fingerprint density at radius 1 is 1.41 bits per heavy atom. The molecule has 0 saturated carbocycles. The third-order valence-electron chi connectivity index (χ3n) is 3.67. The van der Waals surface area contributed by atoms with Crippen molar-refractivity contribution in [3.8, 4) is 0 Å². The van der Waals surface area contributed by atoms with Crippen LogP contribution in [0.2, 0.25) is 0 Å². The minimum absolute atomic E-state index is 0.254. The van der Waals surface area contributed by atoms with Crippen molar-refractivity contribution < 1.29 is 31.5 Å². The standard InChI is InChI=1S/C12H13F3N2O4S/c1-8-4-9(6-16-5-8)22(20,21)17-3-2-11(7-17,10(18)19)12(13,14)15/h4-6H,2-3,7H2,1H3,(H,18,19). The van der Waals surface area contributed by atoms with Crippen molar-refractivity contribution in [1.82, 2.24) is 9.29 Å². The topological polar surface area (TPSA) is 87.6 Å². The molecule has 0 amide bonds. The van der Waals surface area contributed by atoms with E-state index in [0.717, 1.165) is 6.20 Å². The SMILES string of the molecule is Cc1cncc(S(=O)(=O)N2CCC(C(=O)O)(C(F)(F)F)C2)c1. The van der Waals surface area contributed by atoms with Crippen LogP contribution in [-0.2, 0) is 14.8 Å². The number of hydrogen-bond acceptors (Lipinski definition) is 4. The zero-order chi connectivity index (χ0) is 16.8. The van der Waals surface area contributed by atoms with Gasteiger partial charge in [0.25, 0.3) is 0 Å². The van der Waals surface area contributed by atoms with Gasteiger partial charge in [0.2, 0.25) is 10.0 Å². The van der Waals surface area contributed by atoms with Gasteiger partial charge in [0.1, 0.15) is 4.90 Å². The molecule has 2 rings (SSSR count). The molecule has 1 aliphatic heterocycles. The van der Waals surface area contributed by atoms with Gasteiger partial charge < -0.3 is 5.11 Å². The first-order valence-corrected chi connectivity index (χ1v) is 7.67. The van der Waals surface area contributed by atoms with Gasteiger partial charge in [0.05, 0.1) is 0 Å². The van der Waals surface area contributed by atoms with Crippen LogP contribution in [0.4, 0.5) is 13.2 Å². The number of aliphatic carboxylic acids is 1. The third kappa shape index (κ3) is 2.56. The number of halogens is 3. The molecule has 1 saturated heterocycles. The molecule has 0 aromatic carbocycles. The van der Waals surface area contributed by atoms with E-state index in [0.29, 0.717) is 9.87 Å². The molecule has 2 heterocycles. The first-order valence-electron chi connectivity index (χ1n) is 6.23. The first kappa shape index (κ1) is 16.7. The lowest BCUT2D eigenvalue weighted by molar-refractivity contribution is -0.226. The van der Waals surface area contributed by atoms with Crippen molar-refractivity contribution >= 4 is 16.0 Å². The molecule has 22 heavy (non-hydrogen) atoms. The Morgan fingerprint density at radius 2 is 2.05 bits per heavy atom. The van der Waals surface area contributed by atoms with Gasteiger partial charge in [-0.1, -0.05) is 0 Å². The average Bonchev–Trinajstić information content (AvgIpc) is 2.85. The maximum atomic E-state index is 13.1. The number of rotatable bonds is 3. The van der Waals surface area contributed by atoms with Crippen LogP contribution < -0.4 is 0 Å². The van der Waals surface area contributed by atoms with E-state index < -0.39 is 47.1 Å². The largest absolute Gasteiger partial charge is 0.481 e. The van der Waals surface area contributed by atoms with E-state index >= 15 is 0 Å². The zero-order valence-electron chi connectivity index (χ0n) is 11.5. The molecule has 1 aliphatic rings.